The summed E-state index contributed by atoms with van der Waals surface area (Å²) in [5.41, 5.74) is 9.72. The molecule has 0 unspecified atom stereocenters. The number of nitrogens with zero attached hydrogens (tertiary/aromatic N) is 2. The number of hydrogen-bond acceptors (Lipinski definition) is 3. The quantitative estimate of drug-likeness (QED) is 0.386. The zero-order valence-electron chi connectivity index (χ0n) is 11.5. The standard InChI is InChI=1S/C16H16ClN3O/c17-14-10-12(7-8-13(14)16(18)19-21)20-9-3-5-11-4-1-2-6-15(11)20/h1-2,4,6-8,10,21H,3,5,9H2,(H2,18,19). The molecule has 4 nitrogen and oxygen atoms in total. The van der Waals surface area contributed by atoms with Crippen molar-refractivity contribution >= 4 is 28.8 Å². The van der Waals surface area contributed by atoms with Crippen LogP contribution in [0.5, 0.6) is 0 Å². The van der Waals surface area contributed by atoms with Crippen LogP contribution in [0.25, 0.3) is 0 Å². The van der Waals surface area contributed by atoms with Crippen molar-refractivity contribution in [2.24, 2.45) is 10.9 Å². The van der Waals surface area contributed by atoms with Gasteiger partial charge in [-0.05, 0) is 42.7 Å². The Kier molecular flexibility index (Phi) is 3.71. The number of rotatable bonds is 2. The zero-order valence-corrected chi connectivity index (χ0v) is 12.2. The van der Waals surface area contributed by atoms with E-state index >= 15 is 0 Å². The Morgan fingerprint density at radius 2 is 2.05 bits per heavy atom. The lowest BCUT2D eigenvalue weighted by Gasteiger charge is -2.31. The van der Waals surface area contributed by atoms with Gasteiger partial charge < -0.3 is 15.8 Å². The molecule has 0 spiro atoms. The highest BCUT2D eigenvalue weighted by Gasteiger charge is 2.18. The van der Waals surface area contributed by atoms with Gasteiger partial charge in [-0.1, -0.05) is 35.0 Å². The first-order chi connectivity index (χ1) is 10.2. The molecule has 21 heavy (non-hydrogen) atoms. The highest BCUT2D eigenvalue weighted by molar-refractivity contribution is 6.34. The molecule has 0 aromatic heterocycles. The topological polar surface area (TPSA) is 61.9 Å². The van der Waals surface area contributed by atoms with E-state index in [-0.39, 0.29) is 5.84 Å². The Bertz CT molecular complexity index is 700. The van der Waals surface area contributed by atoms with Gasteiger partial charge in [0.2, 0.25) is 0 Å². The Morgan fingerprint density at radius 3 is 2.81 bits per heavy atom. The van der Waals surface area contributed by atoms with Gasteiger partial charge in [-0.3, -0.25) is 0 Å². The smallest absolute Gasteiger partial charge is 0.171 e. The normalized spacial score (nSPS) is 14.9. The summed E-state index contributed by atoms with van der Waals surface area (Å²) < 4.78 is 0. The molecule has 0 atom stereocenters. The second-order valence-corrected chi connectivity index (χ2v) is 5.44. The molecule has 1 heterocycles. The number of oxime groups is 1. The summed E-state index contributed by atoms with van der Waals surface area (Å²) in [6, 6.07) is 14.0. The van der Waals surface area contributed by atoms with Crippen molar-refractivity contribution in [2.45, 2.75) is 12.8 Å². The van der Waals surface area contributed by atoms with E-state index in [4.69, 9.17) is 22.5 Å². The van der Waals surface area contributed by atoms with Crippen LogP contribution in [0.4, 0.5) is 11.4 Å². The van der Waals surface area contributed by atoms with Crippen molar-refractivity contribution in [2.75, 3.05) is 11.4 Å². The number of fused-ring (bicyclic) bond motifs is 1. The van der Waals surface area contributed by atoms with Crippen LogP contribution in [-0.2, 0) is 6.42 Å². The van der Waals surface area contributed by atoms with Crippen molar-refractivity contribution in [1.29, 1.82) is 0 Å². The Hall–Kier alpha value is -2.20. The lowest BCUT2D eigenvalue weighted by Crippen LogP contribution is -2.24. The van der Waals surface area contributed by atoms with Crippen LogP contribution >= 0.6 is 11.6 Å². The van der Waals surface area contributed by atoms with Gasteiger partial charge in [-0.25, -0.2) is 0 Å². The second kappa shape index (κ2) is 5.66. The van der Waals surface area contributed by atoms with Gasteiger partial charge in [-0.15, -0.1) is 0 Å². The van der Waals surface area contributed by atoms with Gasteiger partial charge >= 0.3 is 0 Å². The van der Waals surface area contributed by atoms with E-state index in [0.29, 0.717) is 10.6 Å². The Labute approximate surface area is 128 Å². The molecule has 2 aromatic carbocycles. The third-order valence-corrected chi connectivity index (χ3v) is 4.07. The van der Waals surface area contributed by atoms with Gasteiger partial charge in [0.15, 0.2) is 5.84 Å². The molecule has 0 saturated carbocycles. The molecule has 0 fully saturated rings. The van der Waals surface area contributed by atoms with E-state index in [1.165, 1.54) is 11.3 Å². The molecule has 1 aliphatic heterocycles. The molecular formula is C16H16ClN3O. The number of halogens is 1. The first kappa shape index (κ1) is 13.8. The zero-order chi connectivity index (χ0) is 14.8. The fourth-order valence-corrected chi connectivity index (χ4v) is 3.01. The largest absolute Gasteiger partial charge is 0.409 e. The minimum absolute atomic E-state index is 0.0191. The van der Waals surface area contributed by atoms with E-state index in [2.05, 4.69) is 28.3 Å². The molecular weight excluding hydrogens is 286 g/mol. The van der Waals surface area contributed by atoms with Crippen LogP contribution in [0, 0.1) is 0 Å². The lowest BCUT2D eigenvalue weighted by atomic mass is 10.0. The molecule has 0 radical (unpaired) electrons. The number of nitrogens with two attached hydrogens (primary N) is 1. The second-order valence-electron chi connectivity index (χ2n) is 5.03. The number of benzene rings is 2. The Balaban J connectivity index is 2.01. The molecule has 2 aromatic rings. The van der Waals surface area contributed by atoms with Crippen LogP contribution in [-0.4, -0.2) is 17.6 Å². The van der Waals surface area contributed by atoms with Crippen molar-refractivity contribution < 1.29 is 5.21 Å². The number of aryl methyl sites for hydroxylation is 1. The van der Waals surface area contributed by atoms with Crippen molar-refractivity contribution in [1.82, 2.24) is 0 Å². The molecule has 0 bridgehead atoms. The molecule has 108 valence electrons. The highest BCUT2D eigenvalue weighted by Crippen LogP contribution is 2.34. The average Bonchev–Trinajstić information content (AvgIpc) is 2.53. The van der Waals surface area contributed by atoms with Crippen LogP contribution in [0.2, 0.25) is 5.02 Å². The summed E-state index contributed by atoms with van der Waals surface area (Å²) in [7, 11) is 0. The summed E-state index contributed by atoms with van der Waals surface area (Å²) in [5.74, 6) is 0.0191. The Morgan fingerprint density at radius 1 is 1.24 bits per heavy atom. The molecule has 1 aliphatic rings. The summed E-state index contributed by atoms with van der Waals surface area (Å²) in [4.78, 5) is 2.25. The lowest BCUT2D eigenvalue weighted by molar-refractivity contribution is 0.318. The maximum absolute atomic E-state index is 8.75. The summed E-state index contributed by atoms with van der Waals surface area (Å²) in [6.07, 6.45) is 2.21. The van der Waals surface area contributed by atoms with Gasteiger partial charge in [0.1, 0.15) is 0 Å². The minimum atomic E-state index is 0.0191. The maximum Gasteiger partial charge on any atom is 0.171 e. The average molecular weight is 302 g/mol. The van der Waals surface area contributed by atoms with Gasteiger partial charge in [0, 0.05) is 23.5 Å². The van der Waals surface area contributed by atoms with Crippen molar-refractivity contribution in [3.8, 4) is 0 Å². The van der Waals surface area contributed by atoms with Gasteiger partial charge in [0.25, 0.3) is 0 Å². The third kappa shape index (κ3) is 2.54. The van der Waals surface area contributed by atoms with Gasteiger partial charge in [0.05, 0.1) is 5.02 Å². The first-order valence-corrected chi connectivity index (χ1v) is 7.21. The van der Waals surface area contributed by atoms with Crippen molar-refractivity contribution in [3.63, 3.8) is 0 Å². The van der Waals surface area contributed by atoms with Crippen LogP contribution < -0.4 is 10.6 Å². The maximum atomic E-state index is 8.75. The van der Waals surface area contributed by atoms with Gasteiger partial charge in [-0.2, -0.15) is 0 Å². The molecule has 3 N–H and O–H groups in total. The fraction of sp³-hybridized carbons (Fsp3) is 0.188. The number of amidine groups is 1. The van der Waals surface area contributed by atoms with Crippen LogP contribution in [0.15, 0.2) is 47.6 Å². The van der Waals surface area contributed by atoms with Crippen molar-refractivity contribution in [3.05, 3.63) is 58.6 Å². The predicted octanol–water partition coefficient (Wildman–Crippen LogP) is 3.52. The van der Waals surface area contributed by atoms with E-state index in [0.717, 1.165) is 25.1 Å². The van der Waals surface area contributed by atoms with Crippen LogP contribution in [0.1, 0.15) is 17.5 Å². The summed E-state index contributed by atoms with van der Waals surface area (Å²) in [5, 5.41) is 12.2. The van der Waals surface area contributed by atoms with E-state index in [9.17, 15) is 0 Å². The minimum Gasteiger partial charge on any atom is -0.409 e. The molecule has 0 aliphatic carbocycles. The first-order valence-electron chi connectivity index (χ1n) is 6.83. The number of para-hydroxylation sites is 1. The predicted molar refractivity (Wildman–Crippen MR) is 85.7 cm³/mol. The summed E-state index contributed by atoms with van der Waals surface area (Å²) in [6.45, 7) is 0.955. The SMILES string of the molecule is NC(=NO)c1ccc(N2CCCc3ccccc32)cc1Cl. The number of hydrogen-bond donors (Lipinski definition) is 2. The van der Waals surface area contributed by atoms with E-state index in [1.807, 2.05) is 18.2 Å². The monoisotopic (exact) mass is 301 g/mol. The molecule has 3 rings (SSSR count). The summed E-state index contributed by atoms with van der Waals surface area (Å²) >= 11 is 6.25. The number of anilines is 2. The molecule has 0 saturated heterocycles. The highest BCUT2D eigenvalue weighted by atomic mass is 35.5. The molecule has 5 heteroatoms. The fourth-order valence-electron chi connectivity index (χ4n) is 2.74. The van der Waals surface area contributed by atoms with E-state index in [1.54, 1.807) is 6.07 Å². The van der Waals surface area contributed by atoms with E-state index < -0.39 is 0 Å². The molecule has 0 amide bonds. The third-order valence-electron chi connectivity index (χ3n) is 3.76. The van der Waals surface area contributed by atoms with Crippen LogP contribution in [0.3, 0.4) is 0 Å².